The maximum Gasteiger partial charge on any atom is 0.273 e. The average Bonchev–Trinajstić information content (AvgIpc) is 2.35. The number of rotatable bonds is 6. The van der Waals surface area contributed by atoms with Crippen LogP contribution in [0.3, 0.4) is 0 Å². The van der Waals surface area contributed by atoms with Crippen molar-refractivity contribution in [2.75, 3.05) is 0 Å². The van der Waals surface area contributed by atoms with Crippen molar-refractivity contribution in [3.63, 3.8) is 0 Å². The van der Waals surface area contributed by atoms with Crippen molar-refractivity contribution < 1.29 is 13.3 Å². The van der Waals surface area contributed by atoms with E-state index >= 15 is 0 Å². The molecular weight excluding hydrogens is 278 g/mol. The first-order valence-electron chi connectivity index (χ1n) is 5.91. The van der Waals surface area contributed by atoms with E-state index in [2.05, 4.69) is 6.58 Å². The van der Waals surface area contributed by atoms with Gasteiger partial charge < -0.3 is 0 Å². The van der Waals surface area contributed by atoms with Gasteiger partial charge in [-0.25, -0.2) is 8.42 Å². The summed E-state index contributed by atoms with van der Waals surface area (Å²) in [6.45, 7) is 9.66. The Morgan fingerprint density at radius 2 is 1.80 bits per heavy atom. The Hall–Kier alpha value is -1.95. The molecule has 0 amide bonds. The predicted molar refractivity (Wildman–Crippen MR) is 81.1 cm³/mol. The summed E-state index contributed by atoms with van der Waals surface area (Å²) in [6, 6.07) is 0. The molecule has 0 aromatic rings. The fraction of sp³-hybridized carbons (Fsp3) is 0.286. The Balaban J connectivity index is 5.91. The monoisotopic (exact) mass is 297 g/mol. The summed E-state index contributed by atoms with van der Waals surface area (Å²) in [7, 11) is -3.74. The summed E-state index contributed by atoms with van der Waals surface area (Å²) in [4.78, 5) is 10.2. The Kier molecular flexibility index (Phi) is 6.85. The van der Waals surface area contributed by atoms with Crippen LogP contribution in [0.5, 0.6) is 0 Å². The minimum atomic E-state index is -3.74. The van der Waals surface area contributed by atoms with Crippen LogP contribution >= 0.6 is 0 Å². The Bertz CT molecular complexity index is 604. The number of sulfone groups is 1. The van der Waals surface area contributed by atoms with Crippen molar-refractivity contribution in [3.8, 4) is 0 Å². The van der Waals surface area contributed by atoms with E-state index in [1.165, 1.54) is 32.9 Å². The first-order chi connectivity index (χ1) is 9.18. The van der Waals surface area contributed by atoms with Gasteiger partial charge in [0.2, 0.25) is 9.84 Å². The number of nitro groups is 1. The third-order valence-electron chi connectivity index (χ3n) is 2.46. The van der Waals surface area contributed by atoms with Crippen LogP contribution in [0.1, 0.15) is 27.7 Å². The lowest BCUT2D eigenvalue weighted by Crippen LogP contribution is -2.07. The summed E-state index contributed by atoms with van der Waals surface area (Å²) < 4.78 is 24.6. The molecule has 0 aliphatic rings. The van der Waals surface area contributed by atoms with Gasteiger partial charge in [0.1, 0.15) is 0 Å². The molecule has 20 heavy (non-hydrogen) atoms. The SMILES string of the molecule is C=C(C)/C(=C\C(=C/C)S(=O)(=O)/C(C)=C/C=C\C)[N+](=O)[O-]. The summed E-state index contributed by atoms with van der Waals surface area (Å²) >= 11 is 0. The Labute approximate surface area is 119 Å². The van der Waals surface area contributed by atoms with Gasteiger partial charge in [-0.1, -0.05) is 24.8 Å². The normalized spacial score (nSPS) is 14.7. The zero-order valence-corrected chi connectivity index (χ0v) is 12.9. The molecule has 0 N–H and O–H groups in total. The molecule has 0 aromatic heterocycles. The maximum absolute atomic E-state index is 12.3. The third kappa shape index (κ3) is 4.62. The van der Waals surface area contributed by atoms with Crippen molar-refractivity contribution in [2.24, 2.45) is 0 Å². The van der Waals surface area contributed by atoms with Gasteiger partial charge in [0.05, 0.1) is 9.83 Å². The van der Waals surface area contributed by atoms with Crippen LogP contribution in [0.25, 0.3) is 0 Å². The molecule has 6 heteroatoms. The fourth-order valence-electron chi connectivity index (χ4n) is 1.29. The van der Waals surface area contributed by atoms with Crippen LogP contribution in [0.4, 0.5) is 0 Å². The van der Waals surface area contributed by atoms with Crippen LogP contribution in [-0.4, -0.2) is 13.3 Å². The zero-order chi connectivity index (χ0) is 15.9. The largest absolute Gasteiger partial charge is 0.273 e. The minimum absolute atomic E-state index is 0.115. The molecule has 5 nitrogen and oxygen atoms in total. The average molecular weight is 297 g/mol. The van der Waals surface area contributed by atoms with Crippen molar-refractivity contribution in [1.82, 2.24) is 0 Å². The van der Waals surface area contributed by atoms with Crippen molar-refractivity contribution in [1.29, 1.82) is 0 Å². The van der Waals surface area contributed by atoms with Gasteiger partial charge in [-0.2, -0.15) is 0 Å². The van der Waals surface area contributed by atoms with E-state index in [1.807, 2.05) is 0 Å². The fourth-order valence-corrected chi connectivity index (χ4v) is 2.50. The highest BCUT2D eigenvalue weighted by atomic mass is 32.2. The summed E-state index contributed by atoms with van der Waals surface area (Å²) in [6.07, 6.45) is 7.09. The molecule has 0 saturated heterocycles. The molecule has 0 unspecified atom stereocenters. The summed E-state index contributed by atoms with van der Waals surface area (Å²) in [5.41, 5.74) is -0.125. The Morgan fingerprint density at radius 1 is 1.25 bits per heavy atom. The van der Waals surface area contributed by atoms with Gasteiger partial charge in [-0.05, 0) is 33.8 Å². The van der Waals surface area contributed by atoms with Crippen molar-refractivity contribution >= 4 is 9.84 Å². The number of hydrogen-bond donors (Lipinski definition) is 0. The van der Waals surface area contributed by atoms with E-state index in [1.54, 1.807) is 19.1 Å². The van der Waals surface area contributed by atoms with E-state index in [4.69, 9.17) is 0 Å². The number of nitrogens with zero attached hydrogens (tertiary/aromatic N) is 1. The van der Waals surface area contributed by atoms with E-state index in [0.29, 0.717) is 0 Å². The zero-order valence-electron chi connectivity index (χ0n) is 12.1. The molecule has 0 rings (SSSR count). The molecule has 0 heterocycles. The molecular formula is C14H19NO4S. The molecule has 0 aromatic carbocycles. The lowest BCUT2D eigenvalue weighted by atomic mass is 10.2. The molecule has 0 spiro atoms. The molecule has 0 saturated carbocycles. The highest BCUT2D eigenvalue weighted by Gasteiger charge is 2.21. The van der Waals surface area contributed by atoms with Crippen molar-refractivity contribution in [3.05, 3.63) is 68.2 Å². The first kappa shape index (κ1) is 18.0. The van der Waals surface area contributed by atoms with E-state index in [0.717, 1.165) is 6.08 Å². The standard InChI is InChI=1S/C14H19NO4S/c1-6-8-9-12(5)20(18,19)13(7-2)10-14(11(3)4)15(16)17/h6-10H,3H2,1-2,4-5H3/b8-6-,12-9+,13-7+,14-10+. The molecule has 0 aliphatic heterocycles. The third-order valence-corrected chi connectivity index (χ3v) is 4.41. The van der Waals surface area contributed by atoms with Gasteiger partial charge in [-0.15, -0.1) is 0 Å². The second kappa shape index (κ2) is 7.59. The molecule has 0 bridgehead atoms. The topological polar surface area (TPSA) is 77.3 Å². The van der Waals surface area contributed by atoms with Crippen LogP contribution in [0.15, 0.2) is 58.0 Å². The molecule has 0 radical (unpaired) electrons. The molecule has 0 fully saturated rings. The van der Waals surface area contributed by atoms with Crippen LogP contribution in [-0.2, 0) is 9.84 Å². The van der Waals surface area contributed by atoms with Crippen LogP contribution in [0.2, 0.25) is 0 Å². The highest BCUT2D eigenvalue weighted by molar-refractivity contribution is 7.99. The van der Waals surface area contributed by atoms with Crippen LogP contribution in [0, 0.1) is 10.1 Å². The second-order valence-corrected chi connectivity index (χ2v) is 6.19. The van der Waals surface area contributed by atoms with Gasteiger partial charge >= 0.3 is 0 Å². The van der Waals surface area contributed by atoms with Gasteiger partial charge in [-0.3, -0.25) is 10.1 Å². The van der Waals surface area contributed by atoms with Crippen molar-refractivity contribution in [2.45, 2.75) is 27.7 Å². The summed E-state index contributed by atoms with van der Waals surface area (Å²) in [5, 5.41) is 10.9. The van der Waals surface area contributed by atoms with E-state index in [-0.39, 0.29) is 21.1 Å². The molecule has 0 atom stereocenters. The smallest absolute Gasteiger partial charge is 0.258 e. The number of hydrogen-bond acceptors (Lipinski definition) is 4. The van der Waals surface area contributed by atoms with Gasteiger partial charge in [0, 0.05) is 16.6 Å². The summed E-state index contributed by atoms with van der Waals surface area (Å²) in [5.74, 6) is 0. The van der Waals surface area contributed by atoms with Gasteiger partial charge in [0.25, 0.3) is 5.70 Å². The van der Waals surface area contributed by atoms with Crippen LogP contribution < -0.4 is 0 Å². The lowest BCUT2D eigenvalue weighted by Gasteiger charge is -2.05. The molecule has 110 valence electrons. The second-order valence-electron chi connectivity index (χ2n) is 4.06. The minimum Gasteiger partial charge on any atom is -0.258 e. The van der Waals surface area contributed by atoms with E-state index < -0.39 is 14.8 Å². The quantitative estimate of drug-likeness (QED) is 0.427. The first-order valence-corrected chi connectivity index (χ1v) is 7.39. The number of allylic oxidation sites excluding steroid dienone is 7. The Morgan fingerprint density at radius 3 is 2.15 bits per heavy atom. The lowest BCUT2D eigenvalue weighted by molar-refractivity contribution is -0.420. The van der Waals surface area contributed by atoms with E-state index in [9.17, 15) is 18.5 Å². The highest BCUT2D eigenvalue weighted by Crippen LogP contribution is 2.21. The molecule has 0 aliphatic carbocycles. The predicted octanol–water partition coefficient (Wildman–Crippen LogP) is 3.52. The maximum atomic E-state index is 12.3. The van der Waals surface area contributed by atoms with Gasteiger partial charge in [0.15, 0.2) is 0 Å².